The third-order valence-electron chi connectivity index (χ3n) is 3.61. The average Bonchev–Trinajstić information content (AvgIpc) is 2.93. The van der Waals surface area contributed by atoms with Gasteiger partial charge in [-0.15, -0.1) is 0 Å². The van der Waals surface area contributed by atoms with Crippen molar-refractivity contribution in [1.82, 2.24) is 14.9 Å². The number of benzene rings is 1. The van der Waals surface area contributed by atoms with E-state index in [4.69, 9.17) is 0 Å². The van der Waals surface area contributed by atoms with Crippen molar-refractivity contribution in [1.29, 1.82) is 0 Å². The van der Waals surface area contributed by atoms with Crippen molar-refractivity contribution in [3.05, 3.63) is 47.8 Å². The lowest BCUT2D eigenvalue weighted by Crippen LogP contribution is -2.21. The molecule has 0 fully saturated rings. The minimum Gasteiger partial charge on any atom is -0.310 e. The number of hydrogen-bond acceptors (Lipinski definition) is 2. The molecule has 0 aliphatic heterocycles. The first-order valence-corrected chi connectivity index (χ1v) is 7.72. The maximum Gasteiger partial charge on any atom is 0.123 e. The van der Waals surface area contributed by atoms with Gasteiger partial charge in [-0.2, -0.15) is 0 Å². The highest BCUT2D eigenvalue weighted by molar-refractivity contribution is 5.44. The van der Waals surface area contributed by atoms with Crippen LogP contribution in [0.15, 0.2) is 30.6 Å². The molecule has 1 aromatic heterocycles. The maximum absolute atomic E-state index is 13.7. The summed E-state index contributed by atoms with van der Waals surface area (Å²) in [5.41, 5.74) is 1.98. The number of halogens is 1. The molecule has 0 aliphatic carbocycles. The van der Waals surface area contributed by atoms with E-state index < -0.39 is 0 Å². The Labute approximate surface area is 126 Å². The van der Waals surface area contributed by atoms with E-state index in [1.807, 2.05) is 18.5 Å². The van der Waals surface area contributed by atoms with Gasteiger partial charge in [-0.25, -0.2) is 9.37 Å². The van der Waals surface area contributed by atoms with Crippen molar-refractivity contribution in [2.24, 2.45) is 0 Å². The van der Waals surface area contributed by atoms with Crippen LogP contribution in [0, 0.1) is 5.82 Å². The SMILES string of the molecule is CCCNC(C)c1cc(F)ccc1-n1ccnc1CCC. The van der Waals surface area contributed by atoms with E-state index in [1.165, 1.54) is 6.07 Å². The van der Waals surface area contributed by atoms with Crippen LogP contribution in [0.5, 0.6) is 0 Å². The summed E-state index contributed by atoms with van der Waals surface area (Å²) in [5, 5.41) is 3.43. The van der Waals surface area contributed by atoms with Gasteiger partial charge in [0.1, 0.15) is 11.6 Å². The van der Waals surface area contributed by atoms with Crippen molar-refractivity contribution in [3.63, 3.8) is 0 Å². The topological polar surface area (TPSA) is 29.9 Å². The molecule has 1 atom stereocenters. The van der Waals surface area contributed by atoms with E-state index in [-0.39, 0.29) is 11.9 Å². The zero-order valence-electron chi connectivity index (χ0n) is 13.1. The summed E-state index contributed by atoms with van der Waals surface area (Å²) in [4.78, 5) is 4.42. The van der Waals surface area contributed by atoms with Crippen LogP contribution in [0.3, 0.4) is 0 Å². The molecule has 1 heterocycles. The molecule has 0 aliphatic rings. The summed E-state index contributed by atoms with van der Waals surface area (Å²) in [7, 11) is 0. The lowest BCUT2D eigenvalue weighted by atomic mass is 10.0. The molecular formula is C17H24FN3. The van der Waals surface area contributed by atoms with Crippen LogP contribution in [-0.2, 0) is 6.42 Å². The van der Waals surface area contributed by atoms with Gasteiger partial charge < -0.3 is 9.88 Å². The van der Waals surface area contributed by atoms with Crippen LogP contribution in [-0.4, -0.2) is 16.1 Å². The molecule has 3 nitrogen and oxygen atoms in total. The second kappa shape index (κ2) is 7.36. The van der Waals surface area contributed by atoms with Crippen LogP contribution < -0.4 is 5.32 Å². The summed E-state index contributed by atoms with van der Waals surface area (Å²) in [6, 6.07) is 5.09. The van der Waals surface area contributed by atoms with Crippen molar-refractivity contribution >= 4 is 0 Å². The van der Waals surface area contributed by atoms with Crippen LogP contribution in [0.4, 0.5) is 4.39 Å². The first kappa shape index (κ1) is 15.7. The van der Waals surface area contributed by atoms with Gasteiger partial charge in [0.05, 0.1) is 5.69 Å². The highest BCUT2D eigenvalue weighted by Crippen LogP contribution is 2.24. The molecular weight excluding hydrogens is 265 g/mol. The molecule has 0 radical (unpaired) electrons. The monoisotopic (exact) mass is 289 g/mol. The van der Waals surface area contributed by atoms with E-state index in [0.29, 0.717) is 0 Å². The Hall–Kier alpha value is -1.68. The number of aromatic nitrogens is 2. The first-order valence-electron chi connectivity index (χ1n) is 7.72. The van der Waals surface area contributed by atoms with Crippen LogP contribution in [0.1, 0.15) is 51.0 Å². The fraction of sp³-hybridized carbons (Fsp3) is 0.471. The highest BCUT2D eigenvalue weighted by Gasteiger charge is 2.14. The Morgan fingerprint density at radius 2 is 2.10 bits per heavy atom. The van der Waals surface area contributed by atoms with Crippen LogP contribution in [0.2, 0.25) is 0 Å². The summed E-state index contributed by atoms with van der Waals surface area (Å²) in [5.74, 6) is 0.823. The Balaban J connectivity index is 2.40. The maximum atomic E-state index is 13.7. The number of nitrogens with one attached hydrogen (secondary N) is 1. The Morgan fingerprint density at radius 3 is 2.81 bits per heavy atom. The standard InChI is InChI=1S/C17H24FN3/c1-4-6-17-20-10-11-21(17)16-8-7-14(18)12-15(16)13(3)19-9-5-2/h7-8,10-13,19H,4-6,9H2,1-3H3. The van der Waals surface area contributed by atoms with Crippen LogP contribution >= 0.6 is 0 Å². The van der Waals surface area contributed by atoms with Gasteiger partial charge in [0.15, 0.2) is 0 Å². The lowest BCUT2D eigenvalue weighted by molar-refractivity contribution is 0.559. The zero-order chi connectivity index (χ0) is 15.2. The molecule has 0 spiro atoms. The number of nitrogens with zero attached hydrogens (tertiary/aromatic N) is 2. The van der Waals surface area contributed by atoms with Gasteiger partial charge in [-0.3, -0.25) is 0 Å². The largest absolute Gasteiger partial charge is 0.310 e. The minimum absolute atomic E-state index is 0.104. The van der Waals surface area contributed by atoms with Crippen molar-refractivity contribution in [2.75, 3.05) is 6.54 Å². The third kappa shape index (κ3) is 3.70. The molecule has 114 valence electrons. The van der Waals surface area contributed by atoms with Gasteiger partial charge >= 0.3 is 0 Å². The predicted molar refractivity (Wildman–Crippen MR) is 84.2 cm³/mol. The van der Waals surface area contributed by atoms with Gasteiger partial charge in [-0.05, 0) is 50.1 Å². The van der Waals surface area contributed by atoms with Crippen LogP contribution in [0.25, 0.3) is 5.69 Å². The third-order valence-corrected chi connectivity index (χ3v) is 3.61. The molecule has 1 aromatic carbocycles. The summed E-state index contributed by atoms with van der Waals surface area (Å²) >= 11 is 0. The number of imidazole rings is 1. The number of hydrogen-bond donors (Lipinski definition) is 1. The molecule has 21 heavy (non-hydrogen) atoms. The normalized spacial score (nSPS) is 12.6. The molecule has 4 heteroatoms. The molecule has 0 amide bonds. The average molecular weight is 289 g/mol. The lowest BCUT2D eigenvalue weighted by Gasteiger charge is -2.19. The van der Waals surface area contributed by atoms with Gasteiger partial charge in [0.2, 0.25) is 0 Å². The second-order valence-corrected chi connectivity index (χ2v) is 5.34. The Bertz CT molecular complexity index is 577. The Morgan fingerprint density at radius 1 is 1.29 bits per heavy atom. The first-order chi connectivity index (χ1) is 10.2. The van der Waals surface area contributed by atoms with Gasteiger partial charge in [0, 0.05) is 24.9 Å². The number of aryl methyl sites for hydroxylation is 1. The van der Waals surface area contributed by atoms with E-state index in [2.05, 4.69) is 35.6 Å². The molecule has 0 bridgehead atoms. The van der Waals surface area contributed by atoms with E-state index in [9.17, 15) is 4.39 Å². The molecule has 2 rings (SSSR count). The van der Waals surface area contributed by atoms with E-state index >= 15 is 0 Å². The Kier molecular flexibility index (Phi) is 5.51. The zero-order valence-corrected chi connectivity index (χ0v) is 13.1. The van der Waals surface area contributed by atoms with E-state index in [1.54, 1.807) is 6.07 Å². The molecule has 0 saturated carbocycles. The smallest absolute Gasteiger partial charge is 0.123 e. The number of rotatable bonds is 7. The van der Waals surface area contributed by atoms with Crippen molar-refractivity contribution in [3.8, 4) is 5.69 Å². The summed E-state index contributed by atoms with van der Waals surface area (Å²) in [6.45, 7) is 7.25. The molecule has 2 aromatic rings. The van der Waals surface area contributed by atoms with E-state index in [0.717, 1.165) is 42.9 Å². The summed E-state index contributed by atoms with van der Waals surface area (Å²) in [6.07, 6.45) is 6.77. The minimum atomic E-state index is -0.198. The molecule has 1 unspecified atom stereocenters. The second-order valence-electron chi connectivity index (χ2n) is 5.34. The highest BCUT2D eigenvalue weighted by atomic mass is 19.1. The predicted octanol–water partition coefficient (Wildman–Crippen LogP) is 4.02. The summed E-state index contributed by atoms with van der Waals surface area (Å²) < 4.78 is 15.7. The van der Waals surface area contributed by atoms with Crippen molar-refractivity contribution in [2.45, 2.75) is 46.1 Å². The molecule has 0 saturated heterocycles. The van der Waals surface area contributed by atoms with Gasteiger partial charge in [-0.1, -0.05) is 13.8 Å². The molecule has 1 N–H and O–H groups in total. The fourth-order valence-corrected chi connectivity index (χ4v) is 2.52. The quantitative estimate of drug-likeness (QED) is 0.834. The van der Waals surface area contributed by atoms with Crippen molar-refractivity contribution < 1.29 is 4.39 Å². The van der Waals surface area contributed by atoms with Gasteiger partial charge in [0.25, 0.3) is 0 Å². The fourth-order valence-electron chi connectivity index (χ4n) is 2.52.